The molecule has 5 nitrogen and oxygen atoms in total. The van der Waals surface area contributed by atoms with Crippen LogP contribution >= 0.6 is 24.0 Å². The Morgan fingerprint density at radius 3 is 2.32 bits per heavy atom. The van der Waals surface area contributed by atoms with E-state index in [9.17, 15) is 9.59 Å². The quantitative estimate of drug-likeness (QED) is 0.796. The minimum Gasteiger partial charge on any atom is -0.355 e. The predicted molar refractivity (Wildman–Crippen MR) is 79.0 cm³/mol. The van der Waals surface area contributed by atoms with Gasteiger partial charge in [-0.2, -0.15) is 0 Å². The number of carbonyl (C=O) groups excluding carboxylic acids is 2. The summed E-state index contributed by atoms with van der Waals surface area (Å²) in [5.41, 5.74) is 5.52. The van der Waals surface area contributed by atoms with Crippen LogP contribution in [0.25, 0.3) is 0 Å². The molecule has 1 aromatic carbocycles. The molecule has 4 N–H and O–H groups in total. The van der Waals surface area contributed by atoms with Gasteiger partial charge in [-0.15, -0.1) is 12.4 Å². The highest BCUT2D eigenvalue weighted by Gasteiger charge is 2.22. The normalized spacial score (nSPS) is 10.4. The third-order valence-corrected chi connectivity index (χ3v) is 2.60. The highest BCUT2D eigenvalue weighted by atomic mass is 35.5. The fourth-order valence-electron chi connectivity index (χ4n) is 1.20. The van der Waals surface area contributed by atoms with Gasteiger partial charge in [0.05, 0.1) is 16.1 Å². The molecule has 106 valence electrons. The zero-order valence-electron chi connectivity index (χ0n) is 10.9. The maximum absolute atomic E-state index is 11.7. The summed E-state index contributed by atoms with van der Waals surface area (Å²) >= 11 is 5.96. The largest absolute Gasteiger partial charge is 0.355 e. The van der Waals surface area contributed by atoms with Crippen LogP contribution in [0.1, 0.15) is 24.2 Å². The van der Waals surface area contributed by atoms with Crippen LogP contribution in [0.2, 0.25) is 5.02 Å². The van der Waals surface area contributed by atoms with E-state index in [2.05, 4.69) is 10.6 Å². The number of nitrogens with one attached hydrogen (secondary N) is 2. The minimum absolute atomic E-state index is 0. The maximum atomic E-state index is 11.7. The zero-order valence-corrected chi connectivity index (χ0v) is 12.5. The lowest BCUT2D eigenvalue weighted by Crippen LogP contribution is -2.45. The average molecular weight is 306 g/mol. The van der Waals surface area contributed by atoms with E-state index in [1.807, 2.05) is 0 Å². The molecule has 1 aromatic rings. The van der Waals surface area contributed by atoms with Crippen LogP contribution in [-0.2, 0) is 4.79 Å². The van der Waals surface area contributed by atoms with Gasteiger partial charge in [0.15, 0.2) is 0 Å². The first-order valence-corrected chi connectivity index (χ1v) is 5.75. The van der Waals surface area contributed by atoms with Crippen LogP contribution < -0.4 is 16.4 Å². The van der Waals surface area contributed by atoms with Crippen molar-refractivity contribution in [3.63, 3.8) is 0 Å². The predicted octanol–water partition coefficient (Wildman–Crippen LogP) is 1.80. The first-order valence-electron chi connectivity index (χ1n) is 5.37. The second-order valence-electron chi connectivity index (χ2n) is 4.45. The summed E-state index contributed by atoms with van der Waals surface area (Å²) in [6, 6.07) is 4.65. The third kappa shape index (κ3) is 4.70. The van der Waals surface area contributed by atoms with Gasteiger partial charge in [0.2, 0.25) is 5.91 Å². The summed E-state index contributed by atoms with van der Waals surface area (Å²) in [5, 5.41) is 5.37. The van der Waals surface area contributed by atoms with Crippen molar-refractivity contribution in [2.45, 2.75) is 19.4 Å². The van der Waals surface area contributed by atoms with Crippen LogP contribution in [0.5, 0.6) is 0 Å². The van der Waals surface area contributed by atoms with Crippen LogP contribution in [0.15, 0.2) is 18.2 Å². The second-order valence-corrected chi connectivity index (χ2v) is 4.86. The standard InChI is InChI=1S/C12H16ClN3O2.ClH/c1-12(2,14)11(18)16-7-4-5-8(9(13)6-7)10(17)15-3;/h4-6H,14H2,1-3H3,(H,15,17)(H,16,18);1H. The van der Waals surface area contributed by atoms with Crippen LogP contribution in [0.4, 0.5) is 5.69 Å². The van der Waals surface area contributed by atoms with E-state index >= 15 is 0 Å². The molecule has 0 bridgehead atoms. The Morgan fingerprint density at radius 1 is 1.32 bits per heavy atom. The number of rotatable bonds is 3. The van der Waals surface area contributed by atoms with Gasteiger partial charge < -0.3 is 16.4 Å². The molecule has 0 aromatic heterocycles. The fourth-order valence-corrected chi connectivity index (χ4v) is 1.47. The topological polar surface area (TPSA) is 84.2 Å². The van der Waals surface area contributed by atoms with Crippen molar-refractivity contribution in [1.29, 1.82) is 0 Å². The van der Waals surface area contributed by atoms with Gasteiger partial charge in [-0.3, -0.25) is 9.59 Å². The van der Waals surface area contributed by atoms with Crippen molar-refractivity contribution in [1.82, 2.24) is 5.32 Å². The number of benzene rings is 1. The zero-order chi connectivity index (χ0) is 13.9. The Morgan fingerprint density at radius 2 is 1.89 bits per heavy atom. The third-order valence-electron chi connectivity index (χ3n) is 2.28. The molecule has 0 fully saturated rings. The van der Waals surface area contributed by atoms with E-state index in [-0.39, 0.29) is 29.2 Å². The van der Waals surface area contributed by atoms with Gasteiger partial charge in [0.1, 0.15) is 0 Å². The van der Waals surface area contributed by atoms with Gasteiger partial charge in [0, 0.05) is 12.7 Å². The van der Waals surface area contributed by atoms with Crippen LogP contribution in [0, 0.1) is 0 Å². The minimum atomic E-state index is -0.980. The fraction of sp³-hybridized carbons (Fsp3) is 0.333. The highest BCUT2D eigenvalue weighted by Crippen LogP contribution is 2.21. The molecule has 0 unspecified atom stereocenters. The summed E-state index contributed by atoms with van der Waals surface area (Å²) in [7, 11) is 1.52. The molecule has 0 aliphatic rings. The van der Waals surface area contributed by atoms with E-state index in [4.69, 9.17) is 17.3 Å². The molecule has 7 heteroatoms. The van der Waals surface area contributed by atoms with Crippen LogP contribution in [0.3, 0.4) is 0 Å². The van der Waals surface area contributed by atoms with Crippen molar-refractivity contribution < 1.29 is 9.59 Å². The molecule has 0 saturated heterocycles. The van der Waals surface area contributed by atoms with Crippen LogP contribution in [-0.4, -0.2) is 24.4 Å². The van der Waals surface area contributed by atoms with Crippen molar-refractivity contribution in [3.05, 3.63) is 28.8 Å². The molecular formula is C12H17Cl2N3O2. The Labute approximate surface area is 123 Å². The Bertz CT molecular complexity index is 484. The molecule has 0 aliphatic carbocycles. The smallest absolute Gasteiger partial charge is 0.252 e. The Hall–Kier alpha value is -1.30. The van der Waals surface area contributed by atoms with Gasteiger partial charge in [0.25, 0.3) is 5.91 Å². The molecule has 0 spiro atoms. The molecule has 0 saturated carbocycles. The number of carbonyl (C=O) groups is 2. The second kappa shape index (κ2) is 6.75. The Kier molecular flexibility index (Phi) is 6.29. The number of anilines is 1. The average Bonchev–Trinajstić information content (AvgIpc) is 2.27. The molecule has 19 heavy (non-hydrogen) atoms. The van der Waals surface area contributed by atoms with Crippen molar-refractivity contribution in [2.75, 3.05) is 12.4 Å². The number of hydrogen-bond acceptors (Lipinski definition) is 3. The van der Waals surface area contributed by atoms with Crippen molar-refractivity contribution >= 4 is 41.5 Å². The monoisotopic (exact) mass is 305 g/mol. The summed E-state index contributed by atoms with van der Waals surface area (Å²) in [4.78, 5) is 23.1. The van der Waals surface area contributed by atoms with Gasteiger partial charge in [-0.1, -0.05) is 11.6 Å². The van der Waals surface area contributed by atoms with Gasteiger partial charge >= 0.3 is 0 Å². The first kappa shape index (κ1) is 17.7. The lowest BCUT2D eigenvalue weighted by atomic mass is 10.1. The summed E-state index contributed by atoms with van der Waals surface area (Å²) in [6.07, 6.45) is 0. The highest BCUT2D eigenvalue weighted by molar-refractivity contribution is 6.34. The van der Waals surface area contributed by atoms with E-state index < -0.39 is 5.54 Å². The van der Waals surface area contributed by atoms with E-state index in [1.54, 1.807) is 26.0 Å². The molecule has 0 heterocycles. The number of nitrogens with two attached hydrogens (primary N) is 1. The number of halogens is 2. The summed E-state index contributed by atoms with van der Waals surface area (Å²) in [5.74, 6) is -0.608. The maximum Gasteiger partial charge on any atom is 0.252 e. The van der Waals surface area contributed by atoms with Crippen molar-refractivity contribution in [2.24, 2.45) is 5.73 Å². The summed E-state index contributed by atoms with van der Waals surface area (Å²) in [6.45, 7) is 3.20. The molecule has 0 radical (unpaired) electrons. The molecule has 1 rings (SSSR count). The van der Waals surface area contributed by atoms with E-state index in [0.29, 0.717) is 11.3 Å². The molecular weight excluding hydrogens is 289 g/mol. The molecule has 0 atom stereocenters. The van der Waals surface area contributed by atoms with E-state index in [0.717, 1.165) is 0 Å². The number of amides is 2. The van der Waals surface area contributed by atoms with Gasteiger partial charge in [-0.05, 0) is 32.0 Å². The van der Waals surface area contributed by atoms with Gasteiger partial charge in [-0.25, -0.2) is 0 Å². The molecule has 2 amide bonds. The lowest BCUT2D eigenvalue weighted by molar-refractivity contribution is -0.120. The first-order chi connectivity index (χ1) is 8.25. The Balaban J connectivity index is 0.00000324. The number of hydrogen-bond donors (Lipinski definition) is 3. The summed E-state index contributed by atoms with van der Waals surface area (Å²) < 4.78 is 0. The SMILES string of the molecule is CNC(=O)c1ccc(NC(=O)C(C)(C)N)cc1Cl.Cl. The molecule has 0 aliphatic heterocycles. The lowest BCUT2D eigenvalue weighted by Gasteiger charge is -2.18. The van der Waals surface area contributed by atoms with E-state index in [1.165, 1.54) is 13.1 Å². The van der Waals surface area contributed by atoms with Crippen molar-refractivity contribution in [3.8, 4) is 0 Å².